The van der Waals surface area contributed by atoms with Crippen LogP contribution in [0.25, 0.3) is 0 Å². The van der Waals surface area contributed by atoms with Crippen LogP contribution in [0.2, 0.25) is 0 Å². The fraction of sp³-hybridized carbons (Fsp3) is 0.688. The lowest BCUT2D eigenvalue weighted by Crippen LogP contribution is -2.97. The van der Waals surface area contributed by atoms with Gasteiger partial charge in [0.25, 0.3) is 0 Å². The Morgan fingerprint density at radius 1 is 0.519 bits per heavy atom. The molecule has 0 bridgehead atoms. The summed E-state index contributed by atoms with van der Waals surface area (Å²) in [6, 6.07) is 0. The largest absolute Gasteiger partial charge is 0.386 e. The van der Waals surface area contributed by atoms with Crippen molar-refractivity contribution in [1.29, 1.82) is 0 Å². The van der Waals surface area contributed by atoms with E-state index < -0.39 is 63.0 Å². The fourth-order valence-corrected chi connectivity index (χ4v) is 3.96. The summed E-state index contributed by atoms with van der Waals surface area (Å²) in [7, 11) is 0. The van der Waals surface area contributed by atoms with Gasteiger partial charge in [-0.05, 0) is 34.6 Å². The molecule has 6 atom stereocenters. The van der Waals surface area contributed by atoms with Crippen LogP contribution < -0.4 is 0 Å². The SMILES string of the molecule is CC(=O)C1(O)[C@](O)(C(C)=O)[C@@](O)(C(C)=O)C(O)[C@](O)(C(C)=O)[C@]1(O)C(C)=O. The highest BCUT2D eigenvalue weighted by Gasteiger charge is 2.90. The monoisotopic (exact) mass is 390 g/mol. The second-order valence-corrected chi connectivity index (χ2v) is 6.85. The van der Waals surface area contributed by atoms with E-state index in [1.165, 1.54) is 0 Å². The van der Waals surface area contributed by atoms with Crippen molar-refractivity contribution in [3.05, 3.63) is 0 Å². The van der Waals surface area contributed by atoms with Crippen LogP contribution in [-0.4, -0.2) is 93.7 Å². The van der Waals surface area contributed by atoms with Crippen molar-refractivity contribution in [2.24, 2.45) is 0 Å². The van der Waals surface area contributed by atoms with Gasteiger partial charge in [0.1, 0.15) is 6.10 Å². The molecule has 0 radical (unpaired) electrons. The number of hydrogen-bond donors (Lipinski definition) is 6. The number of carbonyl (C=O) groups is 5. The number of carbonyl (C=O) groups excluding carboxylic acids is 5. The topological polar surface area (TPSA) is 207 Å². The first-order valence-corrected chi connectivity index (χ1v) is 7.72. The van der Waals surface area contributed by atoms with Gasteiger partial charge in [-0.25, -0.2) is 0 Å². The van der Waals surface area contributed by atoms with E-state index in [0.29, 0.717) is 34.6 Å². The fourth-order valence-electron chi connectivity index (χ4n) is 3.96. The molecule has 2 unspecified atom stereocenters. The molecule has 11 heteroatoms. The van der Waals surface area contributed by atoms with Gasteiger partial charge in [0.15, 0.2) is 40.1 Å². The smallest absolute Gasteiger partial charge is 0.201 e. The normalized spacial score (nSPS) is 44.5. The Hall–Kier alpha value is -1.89. The minimum atomic E-state index is -4.09. The minimum Gasteiger partial charge on any atom is -0.386 e. The van der Waals surface area contributed by atoms with E-state index in [1.54, 1.807) is 0 Å². The third kappa shape index (κ3) is 2.03. The van der Waals surface area contributed by atoms with Gasteiger partial charge in [-0.3, -0.25) is 24.0 Å². The highest BCUT2D eigenvalue weighted by Crippen LogP contribution is 2.55. The maximum Gasteiger partial charge on any atom is 0.201 e. The van der Waals surface area contributed by atoms with E-state index in [9.17, 15) is 54.6 Å². The molecular weight excluding hydrogens is 368 g/mol. The number of rotatable bonds is 5. The zero-order valence-corrected chi connectivity index (χ0v) is 15.3. The molecule has 0 aliphatic heterocycles. The van der Waals surface area contributed by atoms with Crippen LogP contribution in [0.1, 0.15) is 34.6 Å². The lowest BCUT2D eigenvalue weighted by atomic mass is 9.45. The molecule has 0 spiro atoms. The van der Waals surface area contributed by atoms with Crippen LogP contribution in [0, 0.1) is 0 Å². The summed E-state index contributed by atoms with van der Waals surface area (Å²) >= 11 is 0. The molecule has 0 amide bonds. The molecule has 1 aliphatic carbocycles. The van der Waals surface area contributed by atoms with Crippen LogP contribution in [0.5, 0.6) is 0 Å². The number of Topliss-reactive ketones (excluding diaryl/α,β-unsaturated/α-hetero) is 5. The zero-order chi connectivity index (χ0) is 22.0. The van der Waals surface area contributed by atoms with Gasteiger partial charge in [-0.2, -0.15) is 0 Å². The maximum atomic E-state index is 12.3. The maximum absolute atomic E-state index is 12.3. The van der Waals surface area contributed by atoms with Crippen LogP contribution in [-0.2, 0) is 24.0 Å². The molecule has 1 fully saturated rings. The first-order valence-electron chi connectivity index (χ1n) is 7.72. The molecule has 6 N–H and O–H groups in total. The Labute approximate surface area is 153 Å². The van der Waals surface area contributed by atoms with Crippen molar-refractivity contribution < 1.29 is 54.6 Å². The van der Waals surface area contributed by atoms with Crippen molar-refractivity contribution in [3.63, 3.8) is 0 Å². The van der Waals surface area contributed by atoms with Gasteiger partial charge >= 0.3 is 0 Å². The van der Waals surface area contributed by atoms with Gasteiger partial charge in [0.05, 0.1) is 0 Å². The standard InChI is InChI=1S/C16H22O11/c1-6(17)12(23)11(22)13(24,7(2)18)15(26,9(4)20)16(27,10(5)21)14(12,25)8(3)19/h11,22-27H,1-5H3/t11?,12-,13-,14-,15+,16?/m1/s1. The number of hydrogen-bond acceptors (Lipinski definition) is 11. The average Bonchev–Trinajstić information content (AvgIpc) is 2.54. The van der Waals surface area contributed by atoms with E-state index in [1.807, 2.05) is 0 Å². The second kappa shape index (κ2) is 6.06. The Balaban J connectivity index is 4.43. The summed E-state index contributed by atoms with van der Waals surface area (Å²) in [5, 5.41) is 64.8. The lowest BCUT2D eigenvalue weighted by Gasteiger charge is -2.64. The van der Waals surface area contributed by atoms with E-state index in [0.717, 1.165) is 0 Å². The van der Waals surface area contributed by atoms with Crippen LogP contribution >= 0.6 is 0 Å². The van der Waals surface area contributed by atoms with Gasteiger partial charge in [-0.15, -0.1) is 0 Å². The molecule has 0 heterocycles. The van der Waals surface area contributed by atoms with Crippen molar-refractivity contribution in [3.8, 4) is 0 Å². The molecule has 0 aromatic carbocycles. The van der Waals surface area contributed by atoms with Crippen LogP contribution in [0.15, 0.2) is 0 Å². The van der Waals surface area contributed by atoms with Crippen LogP contribution in [0.3, 0.4) is 0 Å². The minimum absolute atomic E-state index is 0.473. The molecule has 27 heavy (non-hydrogen) atoms. The van der Waals surface area contributed by atoms with Crippen molar-refractivity contribution in [1.82, 2.24) is 0 Å². The highest BCUT2D eigenvalue weighted by molar-refractivity contribution is 6.13. The summed E-state index contributed by atoms with van der Waals surface area (Å²) < 4.78 is 0. The first-order chi connectivity index (χ1) is 11.9. The summed E-state index contributed by atoms with van der Waals surface area (Å²) in [6.07, 6.45) is -3.18. The Kier molecular flexibility index (Phi) is 5.19. The summed E-state index contributed by atoms with van der Waals surface area (Å²) in [6.45, 7) is 2.51. The van der Waals surface area contributed by atoms with Crippen molar-refractivity contribution >= 4 is 28.9 Å². The Morgan fingerprint density at radius 2 is 0.741 bits per heavy atom. The van der Waals surface area contributed by atoms with Crippen molar-refractivity contribution in [2.45, 2.75) is 68.7 Å². The predicted octanol–water partition coefficient (Wildman–Crippen LogP) is -4.04. The second-order valence-electron chi connectivity index (χ2n) is 6.85. The molecule has 0 aromatic rings. The molecule has 0 saturated heterocycles. The third-order valence-corrected chi connectivity index (χ3v) is 5.54. The third-order valence-electron chi connectivity index (χ3n) is 5.54. The zero-order valence-electron chi connectivity index (χ0n) is 15.3. The van der Waals surface area contributed by atoms with Gasteiger partial charge in [0.2, 0.25) is 16.8 Å². The number of aliphatic hydroxyl groups excluding tert-OH is 1. The van der Waals surface area contributed by atoms with E-state index in [2.05, 4.69) is 0 Å². The Bertz CT molecular complexity index is 705. The van der Waals surface area contributed by atoms with E-state index in [-0.39, 0.29) is 0 Å². The molecule has 0 aromatic heterocycles. The first kappa shape index (κ1) is 23.1. The molecule has 11 nitrogen and oxygen atoms in total. The predicted molar refractivity (Wildman–Crippen MR) is 84.2 cm³/mol. The van der Waals surface area contributed by atoms with Crippen LogP contribution in [0.4, 0.5) is 0 Å². The molecule has 1 aliphatic rings. The number of aliphatic hydroxyl groups is 6. The lowest BCUT2D eigenvalue weighted by molar-refractivity contribution is -0.353. The highest BCUT2D eigenvalue weighted by atomic mass is 16.5. The van der Waals surface area contributed by atoms with Gasteiger partial charge < -0.3 is 30.6 Å². The number of ketones is 5. The Morgan fingerprint density at radius 3 is 0.889 bits per heavy atom. The summed E-state index contributed by atoms with van der Waals surface area (Å²) in [5.41, 5.74) is -19.8. The summed E-state index contributed by atoms with van der Waals surface area (Å²) in [5.74, 6) is -8.44. The quantitative estimate of drug-likeness (QED) is 0.266. The molecule has 1 rings (SSSR count). The van der Waals surface area contributed by atoms with E-state index >= 15 is 0 Å². The van der Waals surface area contributed by atoms with Crippen molar-refractivity contribution in [2.75, 3.05) is 0 Å². The molecule has 152 valence electrons. The molecule has 1 saturated carbocycles. The van der Waals surface area contributed by atoms with Gasteiger partial charge in [0, 0.05) is 0 Å². The summed E-state index contributed by atoms with van der Waals surface area (Å²) in [4.78, 5) is 61.0. The molecular formula is C16H22O11. The average molecular weight is 390 g/mol. The van der Waals surface area contributed by atoms with Gasteiger partial charge in [-0.1, -0.05) is 0 Å². The van der Waals surface area contributed by atoms with E-state index in [4.69, 9.17) is 0 Å².